The van der Waals surface area contributed by atoms with Crippen LogP contribution in [-0.2, 0) is 14.3 Å². The van der Waals surface area contributed by atoms with E-state index in [0.29, 0.717) is 13.0 Å². The summed E-state index contributed by atoms with van der Waals surface area (Å²) in [6.45, 7) is 5.15. The zero-order valence-electron chi connectivity index (χ0n) is 40.4. The molecule has 0 bridgehead atoms. The molecular formula is C57H100O4. The number of carbonyl (C=O) groups is 1. The summed E-state index contributed by atoms with van der Waals surface area (Å²) >= 11 is 0. The SMILES string of the molecule is CC/C=C\C/C=C\C/C=C\C/C=C\C/C=C\C/C=C\C/C=C\CCCCOCC(CO)OC(=O)CCCCCCCCCCCCCCCCCCCCCCCCCCC. The molecule has 4 nitrogen and oxygen atoms in total. The van der Waals surface area contributed by atoms with Gasteiger partial charge in [-0.15, -0.1) is 0 Å². The molecule has 0 aliphatic rings. The third-order valence-electron chi connectivity index (χ3n) is 11.2. The van der Waals surface area contributed by atoms with E-state index in [2.05, 4.69) is 98.9 Å². The minimum absolute atomic E-state index is 0.192. The molecule has 1 atom stereocenters. The zero-order valence-corrected chi connectivity index (χ0v) is 40.4. The standard InChI is InChI=1S/C57H100O4/c1-3-5-7-9-11-13-15-17-19-21-23-25-27-29-30-32-34-36-38-40-42-44-46-48-50-52-57(59)61-56(54-58)55-60-53-51-49-47-45-43-41-39-37-35-33-31-28-26-24-22-20-18-16-14-12-10-8-6-4-2/h6,8,12,14,18,20,24,26,31,33,37,39,43,45,56,58H,3-5,7,9-11,13,15-17,19,21-23,25,27-30,32,34-36,38,40-42,44,46-55H2,1-2H3/b8-6-,14-12-,20-18-,26-24-,33-31-,39-37-,45-43-. The van der Waals surface area contributed by atoms with Crippen molar-refractivity contribution >= 4 is 5.97 Å². The molecule has 0 saturated heterocycles. The number of hydrogen-bond acceptors (Lipinski definition) is 4. The van der Waals surface area contributed by atoms with Crippen LogP contribution in [0.1, 0.15) is 245 Å². The Morgan fingerprint density at radius 1 is 0.410 bits per heavy atom. The maximum absolute atomic E-state index is 12.3. The van der Waals surface area contributed by atoms with E-state index in [4.69, 9.17) is 9.47 Å². The molecule has 4 heteroatoms. The van der Waals surface area contributed by atoms with E-state index in [0.717, 1.165) is 77.0 Å². The highest BCUT2D eigenvalue weighted by Crippen LogP contribution is 2.16. The molecule has 0 aromatic rings. The summed E-state index contributed by atoms with van der Waals surface area (Å²) in [4.78, 5) is 12.3. The first-order chi connectivity index (χ1) is 30.2. The summed E-state index contributed by atoms with van der Waals surface area (Å²) in [7, 11) is 0. The van der Waals surface area contributed by atoms with E-state index >= 15 is 0 Å². The Kier molecular flexibility index (Phi) is 51.6. The first kappa shape index (κ1) is 58.6. The summed E-state index contributed by atoms with van der Waals surface area (Å²) in [5, 5.41) is 9.65. The molecular weight excluding hydrogens is 749 g/mol. The van der Waals surface area contributed by atoms with Crippen molar-refractivity contribution in [3.63, 3.8) is 0 Å². The van der Waals surface area contributed by atoms with Crippen molar-refractivity contribution in [2.45, 2.75) is 251 Å². The van der Waals surface area contributed by atoms with Crippen molar-refractivity contribution < 1.29 is 19.4 Å². The molecule has 0 amide bonds. The molecule has 0 aromatic heterocycles. The second-order valence-electron chi connectivity index (χ2n) is 17.2. The van der Waals surface area contributed by atoms with E-state index in [1.165, 1.54) is 148 Å². The second-order valence-corrected chi connectivity index (χ2v) is 17.2. The molecule has 1 N–H and O–H groups in total. The Morgan fingerprint density at radius 3 is 1.08 bits per heavy atom. The summed E-state index contributed by atoms with van der Waals surface area (Å²) < 4.78 is 11.2. The predicted molar refractivity (Wildman–Crippen MR) is 269 cm³/mol. The normalized spacial score (nSPS) is 13.0. The lowest BCUT2D eigenvalue weighted by molar-refractivity contribution is -0.154. The number of esters is 1. The van der Waals surface area contributed by atoms with Gasteiger partial charge in [-0.2, -0.15) is 0 Å². The van der Waals surface area contributed by atoms with Crippen LogP contribution in [0.4, 0.5) is 0 Å². The minimum Gasteiger partial charge on any atom is -0.457 e. The van der Waals surface area contributed by atoms with Crippen LogP contribution in [0.2, 0.25) is 0 Å². The highest BCUT2D eigenvalue weighted by molar-refractivity contribution is 5.69. The van der Waals surface area contributed by atoms with Crippen molar-refractivity contribution in [2.24, 2.45) is 0 Å². The number of unbranched alkanes of at least 4 members (excludes halogenated alkanes) is 26. The quantitative estimate of drug-likeness (QED) is 0.0376. The lowest BCUT2D eigenvalue weighted by Crippen LogP contribution is -2.27. The van der Waals surface area contributed by atoms with Crippen LogP contribution in [0.5, 0.6) is 0 Å². The third kappa shape index (κ3) is 51.8. The third-order valence-corrected chi connectivity index (χ3v) is 11.2. The molecule has 0 aliphatic carbocycles. The lowest BCUT2D eigenvalue weighted by Gasteiger charge is -2.15. The maximum Gasteiger partial charge on any atom is 0.306 e. The first-order valence-electron chi connectivity index (χ1n) is 26.2. The van der Waals surface area contributed by atoms with Crippen LogP contribution in [0, 0.1) is 0 Å². The van der Waals surface area contributed by atoms with Gasteiger partial charge in [0.25, 0.3) is 0 Å². The smallest absolute Gasteiger partial charge is 0.306 e. The van der Waals surface area contributed by atoms with Gasteiger partial charge >= 0.3 is 5.97 Å². The molecule has 0 radical (unpaired) electrons. The fraction of sp³-hybridized carbons (Fsp3) is 0.737. The summed E-state index contributed by atoms with van der Waals surface area (Å²) in [5.41, 5.74) is 0. The predicted octanol–water partition coefficient (Wildman–Crippen LogP) is 17.9. The summed E-state index contributed by atoms with van der Waals surface area (Å²) in [6.07, 6.45) is 75.5. The van der Waals surface area contributed by atoms with Crippen LogP contribution >= 0.6 is 0 Å². The van der Waals surface area contributed by atoms with Gasteiger partial charge in [-0.05, 0) is 70.6 Å². The molecule has 0 heterocycles. The van der Waals surface area contributed by atoms with Gasteiger partial charge in [0.2, 0.25) is 0 Å². The first-order valence-corrected chi connectivity index (χ1v) is 26.2. The number of allylic oxidation sites excluding steroid dienone is 14. The molecule has 1 unspecified atom stereocenters. The van der Waals surface area contributed by atoms with E-state index in [1.54, 1.807) is 0 Å². The largest absolute Gasteiger partial charge is 0.457 e. The summed E-state index contributed by atoms with van der Waals surface area (Å²) in [5.74, 6) is -0.214. The Morgan fingerprint density at radius 2 is 0.738 bits per heavy atom. The number of hydrogen-bond donors (Lipinski definition) is 1. The van der Waals surface area contributed by atoms with Gasteiger partial charge in [0.15, 0.2) is 0 Å². The van der Waals surface area contributed by atoms with E-state index in [9.17, 15) is 9.90 Å². The average Bonchev–Trinajstić information content (AvgIpc) is 3.27. The van der Waals surface area contributed by atoms with Crippen molar-refractivity contribution in [1.29, 1.82) is 0 Å². The molecule has 0 rings (SSSR count). The van der Waals surface area contributed by atoms with Gasteiger partial charge in [-0.3, -0.25) is 4.79 Å². The highest BCUT2D eigenvalue weighted by atomic mass is 16.6. The van der Waals surface area contributed by atoms with Crippen molar-refractivity contribution in [3.05, 3.63) is 85.1 Å². The fourth-order valence-corrected chi connectivity index (χ4v) is 7.37. The molecule has 0 saturated carbocycles. The number of ether oxygens (including phenoxy) is 2. The fourth-order valence-electron chi connectivity index (χ4n) is 7.37. The van der Waals surface area contributed by atoms with Crippen LogP contribution in [-0.4, -0.2) is 37.0 Å². The minimum atomic E-state index is -0.562. The molecule has 0 spiro atoms. The van der Waals surface area contributed by atoms with Crippen LogP contribution in [0.15, 0.2) is 85.1 Å². The Bertz CT molecular complexity index is 1080. The van der Waals surface area contributed by atoms with Crippen LogP contribution in [0.25, 0.3) is 0 Å². The topological polar surface area (TPSA) is 55.8 Å². The molecule has 0 aliphatic heterocycles. The molecule has 0 fully saturated rings. The maximum atomic E-state index is 12.3. The van der Waals surface area contributed by atoms with Crippen molar-refractivity contribution in [1.82, 2.24) is 0 Å². The van der Waals surface area contributed by atoms with Gasteiger partial charge in [-0.1, -0.05) is 253 Å². The molecule has 352 valence electrons. The van der Waals surface area contributed by atoms with Gasteiger partial charge in [0.05, 0.1) is 13.2 Å². The lowest BCUT2D eigenvalue weighted by atomic mass is 10.0. The Labute approximate surface area is 380 Å². The van der Waals surface area contributed by atoms with E-state index in [-0.39, 0.29) is 19.2 Å². The van der Waals surface area contributed by atoms with Crippen LogP contribution in [0.3, 0.4) is 0 Å². The van der Waals surface area contributed by atoms with Crippen LogP contribution < -0.4 is 0 Å². The van der Waals surface area contributed by atoms with Crippen molar-refractivity contribution in [2.75, 3.05) is 19.8 Å². The molecule has 0 aromatic carbocycles. The van der Waals surface area contributed by atoms with Crippen molar-refractivity contribution in [3.8, 4) is 0 Å². The molecule has 61 heavy (non-hydrogen) atoms. The van der Waals surface area contributed by atoms with Gasteiger partial charge in [0, 0.05) is 13.0 Å². The number of carbonyl (C=O) groups excluding carboxylic acids is 1. The summed E-state index contributed by atoms with van der Waals surface area (Å²) in [6, 6.07) is 0. The van der Waals surface area contributed by atoms with Gasteiger partial charge < -0.3 is 14.6 Å². The van der Waals surface area contributed by atoms with E-state index in [1.807, 2.05) is 0 Å². The number of rotatable bonds is 48. The number of aliphatic hydroxyl groups excluding tert-OH is 1. The Balaban J connectivity index is 3.49. The average molecular weight is 849 g/mol. The highest BCUT2D eigenvalue weighted by Gasteiger charge is 2.13. The number of aliphatic hydroxyl groups is 1. The van der Waals surface area contributed by atoms with Gasteiger partial charge in [-0.25, -0.2) is 0 Å². The van der Waals surface area contributed by atoms with Gasteiger partial charge in [0.1, 0.15) is 6.10 Å². The zero-order chi connectivity index (χ0) is 44.0. The Hall–Kier alpha value is -2.43. The monoisotopic (exact) mass is 849 g/mol. The second kappa shape index (κ2) is 53.7. The van der Waals surface area contributed by atoms with E-state index < -0.39 is 6.10 Å².